The van der Waals surface area contributed by atoms with Crippen LogP contribution in [-0.2, 0) is 10.1 Å². The van der Waals surface area contributed by atoms with Crippen molar-refractivity contribution in [2.24, 2.45) is 0 Å². The van der Waals surface area contributed by atoms with E-state index in [1.165, 1.54) is 33.8 Å². The molecule has 4 rings (SSSR count). The third kappa shape index (κ3) is 5.77. The van der Waals surface area contributed by atoms with Gasteiger partial charge in [-0.2, -0.15) is 0 Å². The average molecular weight is 409 g/mol. The molecule has 0 saturated carbocycles. The fraction of sp³-hybridized carbons (Fsp3) is 0.130. The van der Waals surface area contributed by atoms with Crippen molar-refractivity contribution in [3.05, 3.63) is 102 Å². The Bertz CT molecular complexity index is 1070. The van der Waals surface area contributed by atoms with Crippen LogP contribution in [0.3, 0.4) is 0 Å². The van der Waals surface area contributed by atoms with Crippen molar-refractivity contribution in [1.29, 1.82) is 0 Å². The molecule has 3 aromatic rings. The van der Waals surface area contributed by atoms with Gasteiger partial charge in [-0.05, 0) is 31.2 Å². The van der Waals surface area contributed by atoms with Gasteiger partial charge in [0.05, 0.1) is 10.1 Å². The summed E-state index contributed by atoms with van der Waals surface area (Å²) in [6, 6.07) is 30.1. The quantitative estimate of drug-likeness (QED) is 0.676. The van der Waals surface area contributed by atoms with Crippen molar-refractivity contribution in [2.45, 2.75) is 6.92 Å². The summed E-state index contributed by atoms with van der Waals surface area (Å²) in [5.41, 5.74) is 7.64. The van der Waals surface area contributed by atoms with Crippen LogP contribution in [-0.4, -0.2) is 25.9 Å². The van der Waals surface area contributed by atoms with E-state index >= 15 is 0 Å². The number of quaternary nitrogens is 1. The molecule has 150 valence electrons. The first-order valence-electron chi connectivity index (χ1n) is 9.26. The molecule has 0 amide bonds. The molecule has 0 atom stereocenters. The Morgan fingerprint density at radius 1 is 0.828 bits per heavy atom. The molecular formula is C23H24N2O3S. The van der Waals surface area contributed by atoms with E-state index < -0.39 is 10.1 Å². The summed E-state index contributed by atoms with van der Waals surface area (Å²) < 4.78 is 27.2. The maximum absolute atomic E-state index is 9.08. The summed E-state index contributed by atoms with van der Waals surface area (Å²) in [5.74, 6) is 0. The van der Waals surface area contributed by atoms with Crippen molar-refractivity contribution in [3.8, 4) is 0 Å². The lowest BCUT2D eigenvalue weighted by Gasteiger charge is -2.19. The summed E-state index contributed by atoms with van der Waals surface area (Å²) in [6.07, 6.45) is 0.604. The zero-order valence-electron chi connectivity index (χ0n) is 16.4. The monoisotopic (exact) mass is 408 g/mol. The summed E-state index contributed by atoms with van der Waals surface area (Å²) >= 11 is 0. The topological polar surface area (TPSA) is 77.1 Å². The van der Waals surface area contributed by atoms with E-state index in [1.54, 1.807) is 0 Å². The molecule has 0 radical (unpaired) electrons. The van der Waals surface area contributed by atoms with Crippen LogP contribution < -0.4 is 10.2 Å². The third-order valence-corrected chi connectivity index (χ3v) is 4.48. The summed E-state index contributed by atoms with van der Waals surface area (Å²) in [7, 11) is -3.92. The third-order valence-electron chi connectivity index (χ3n) is 4.48. The van der Waals surface area contributed by atoms with Gasteiger partial charge in [0.15, 0.2) is 12.4 Å². The molecular weight excluding hydrogens is 384 g/mol. The molecule has 0 bridgehead atoms. The first kappa shape index (κ1) is 20.8. The summed E-state index contributed by atoms with van der Waals surface area (Å²) in [5, 5.41) is 2.33. The van der Waals surface area contributed by atoms with Crippen molar-refractivity contribution < 1.29 is 18.3 Å². The van der Waals surface area contributed by atoms with E-state index in [2.05, 4.69) is 102 Å². The second-order valence-electron chi connectivity index (χ2n) is 6.85. The molecule has 1 aliphatic rings. The smallest absolute Gasteiger partial charge is 0.163 e. The van der Waals surface area contributed by atoms with E-state index in [4.69, 9.17) is 13.0 Å². The van der Waals surface area contributed by atoms with Gasteiger partial charge in [0.2, 0.25) is 0 Å². The predicted octanol–water partition coefficient (Wildman–Crippen LogP) is 3.02. The first-order chi connectivity index (χ1) is 13.8. The van der Waals surface area contributed by atoms with Gasteiger partial charge in [-0.3, -0.25) is 10.2 Å². The second kappa shape index (κ2) is 9.05. The Balaban J connectivity index is 0.000000431. The van der Waals surface area contributed by atoms with E-state index in [9.17, 15) is 0 Å². The van der Waals surface area contributed by atoms with Crippen LogP contribution in [0.15, 0.2) is 84.9 Å². The van der Waals surface area contributed by atoms with Crippen LogP contribution in [0.5, 0.6) is 0 Å². The van der Waals surface area contributed by atoms with Gasteiger partial charge in [0.25, 0.3) is 0 Å². The largest absolute Gasteiger partial charge is 0.748 e. The van der Waals surface area contributed by atoms with E-state index in [0.717, 1.165) is 6.67 Å². The number of nitrogens with two attached hydrogens (primary N) is 1. The molecule has 2 N–H and O–H groups in total. The SMILES string of the molecule is CS(=O)(=O)[O-].Cc1ccc(N2C[NH2+]C(c3ccccc3)=C2c2ccccc2)cc1. The first-order valence-corrected chi connectivity index (χ1v) is 11.1. The molecule has 0 saturated heterocycles. The van der Waals surface area contributed by atoms with Crippen LogP contribution in [0.2, 0.25) is 0 Å². The van der Waals surface area contributed by atoms with Gasteiger partial charge in [-0.1, -0.05) is 66.2 Å². The maximum Gasteiger partial charge on any atom is 0.163 e. The molecule has 6 heteroatoms. The highest BCUT2D eigenvalue weighted by Gasteiger charge is 2.29. The van der Waals surface area contributed by atoms with E-state index in [1.807, 2.05) is 0 Å². The summed E-state index contributed by atoms with van der Waals surface area (Å²) in [4.78, 5) is 2.40. The zero-order valence-corrected chi connectivity index (χ0v) is 17.3. The number of aryl methyl sites for hydroxylation is 1. The Labute approximate surface area is 172 Å². The molecule has 3 aromatic carbocycles. The van der Waals surface area contributed by atoms with Crippen molar-refractivity contribution in [2.75, 3.05) is 17.8 Å². The van der Waals surface area contributed by atoms with Crippen LogP contribution in [0.25, 0.3) is 11.4 Å². The molecule has 1 aliphatic heterocycles. The molecule has 0 aliphatic carbocycles. The fourth-order valence-electron chi connectivity index (χ4n) is 3.25. The second-order valence-corrected chi connectivity index (χ2v) is 8.26. The van der Waals surface area contributed by atoms with Gasteiger partial charge < -0.3 is 4.55 Å². The lowest BCUT2D eigenvalue weighted by atomic mass is 10.0. The van der Waals surface area contributed by atoms with Crippen LogP contribution in [0, 0.1) is 6.92 Å². The standard InChI is InChI=1S/C22H20N2.CH4O3S/c1-17-12-14-20(15-13-17)24-16-23-21(18-8-4-2-5-9-18)22(24)19-10-6-3-7-11-19;1-5(2,3)4/h2-15,23H,16H2,1H3;1H3,(H,2,3,4). The molecule has 29 heavy (non-hydrogen) atoms. The lowest BCUT2D eigenvalue weighted by Crippen LogP contribution is -2.80. The van der Waals surface area contributed by atoms with Gasteiger partial charge in [-0.25, -0.2) is 8.42 Å². The van der Waals surface area contributed by atoms with Gasteiger partial charge in [-0.15, -0.1) is 0 Å². The highest BCUT2D eigenvalue weighted by atomic mass is 32.2. The normalized spacial score (nSPS) is 13.8. The Morgan fingerprint density at radius 2 is 1.31 bits per heavy atom. The van der Waals surface area contributed by atoms with Crippen LogP contribution >= 0.6 is 0 Å². The van der Waals surface area contributed by atoms with Gasteiger partial charge in [0.1, 0.15) is 5.70 Å². The van der Waals surface area contributed by atoms with E-state index in [0.29, 0.717) is 6.26 Å². The number of anilines is 1. The highest BCUT2D eigenvalue weighted by Crippen LogP contribution is 2.32. The molecule has 0 fully saturated rings. The Hall–Kier alpha value is -2.93. The lowest BCUT2D eigenvalue weighted by molar-refractivity contribution is -0.553. The average Bonchev–Trinajstić information content (AvgIpc) is 3.14. The van der Waals surface area contributed by atoms with Crippen molar-refractivity contribution in [3.63, 3.8) is 0 Å². The molecule has 1 heterocycles. The maximum atomic E-state index is 9.08. The van der Waals surface area contributed by atoms with Crippen LogP contribution in [0.1, 0.15) is 16.7 Å². The summed E-state index contributed by atoms with van der Waals surface area (Å²) in [6.45, 7) is 3.03. The number of benzene rings is 3. The Kier molecular flexibility index (Phi) is 6.49. The fourth-order valence-corrected chi connectivity index (χ4v) is 3.25. The number of nitrogens with zero attached hydrogens (tertiary/aromatic N) is 1. The van der Waals surface area contributed by atoms with Gasteiger partial charge >= 0.3 is 0 Å². The minimum absolute atomic E-state index is 0.604. The highest BCUT2D eigenvalue weighted by molar-refractivity contribution is 7.84. The van der Waals surface area contributed by atoms with Crippen molar-refractivity contribution >= 4 is 27.2 Å². The van der Waals surface area contributed by atoms with E-state index in [-0.39, 0.29) is 0 Å². The predicted molar refractivity (Wildman–Crippen MR) is 116 cm³/mol. The molecule has 0 aromatic heterocycles. The Morgan fingerprint density at radius 3 is 1.83 bits per heavy atom. The number of rotatable bonds is 3. The molecule has 5 nitrogen and oxygen atoms in total. The number of hydrogen-bond donors (Lipinski definition) is 1. The number of hydrogen-bond acceptors (Lipinski definition) is 4. The minimum atomic E-state index is -3.92. The minimum Gasteiger partial charge on any atom is -0.748 e. The van der Waals surface area contributed by atoms with Crippen molar-refractivity contribution in [1.82, 2.24) is 0 Å². The zero-order chi connectivity index (χ0) is 20.9. The molecule has 0 unspecified atom stereocenters. The molecule has 0 spiro atoms. The van der Waals surface area contributed by atoms with Gasteiger partial charge in [0, 0.05) is 23.1 Å². The van der Waals surface area contributed by atoms with Crippen LogP contribution in [0.4, 0.5) is 5.69 Å².